The number of carbonyl (C=O) groups excluding carboxylic acids is 1. The highest BCUT2D eigenvalue weighted by Crippen LogP contribution is 2.26. The molecule has 0 fully saturated rings. The molecular formula is C9H10N2O2S. The maximum Gasteiger partial charge on any atom is 0.373 e. The van der Waals surface area contributed by atoms with Crippen LogP contribution in [0.25, 0.3) is 0 Å². The van der Waals surface area contributed by atoms with Crippen LogP contribution in [-0.4, -0.2) is 18.4 Å². The number of anilines is 1. The third-order valence-corrected chi connectivity index (χ3v) is 2.73. The molecule has 1 aliphatic heterocycles. The molecule has 0 amide bonds. The van der Waals surface area contributed by atoms with Crippen LogP contribution in [0.3, 0.4) is 0 Å². The molecule has 0 unspecified atom stereocenters. The quantitative estimate of drug-likeness (QED) is 0.755. The van der Waals surface area contributed by atoms with Crippen LogP contribution >= 0.6 is 11.3 Å². The Labute approximate surface area is 85.6 Å². The molecule has 1 aromatic heterocycles. The van der Waals surface area contributed by atoms with Crippen molar-refractivity contribution in [3.63, 3.8) is 0 Å². The maximum absolute atomic E-state index is 11.3. The minimum absolute atomic E-state index is 0.307. The number of aliphatic imine (C=N–C) groups is 1. The molecule has 5 heteroatoms. The van der Waals surface area contributed by atoms with Crippen molar-refractivity contribution in [1.82, 2.24) is 0 Å². The van der Waals surface area contributed by atoms with Crippen molar-refractivity contribution in [3.8, 4) is 0 Å². The first-order valence-corrected chi connectivity index (χ1v) is 5.24. The average molecular weight is 210 g/mol. The van der Waals surface area contributed by atoms with E-state index in [2.05, 4.69) is 10.3 Å². The standard InChI is InChI=1S/C9H10N2O2S/c1-2-13-9(12)7-10-5-6-3-4-14-8(6)11-7/h3-4H,2,5H2,1H3,(H,10,11). The summed E-state index contributed by atoms with van der Waals surface area (Å²) in [5, 5.41) is 5.92. The molecule has 4 nitrogen and oxygen atoms in total. The number of hydrogen-bond acceptors (Lipinski definition) is 5. The lowest BCUT2D eigenvalue weighted by Gasteiger charge is -2.13. The predicted octanol–water partition coefficient (Wildman–Crippen LogP) is 1.64. The number of carbonyl (C=O) groups is 1. The lowest BCUT2D eigenvalue weighted by atomic mass is 10.3. The molecule has 0 spiro atoms. The van der Waals surface area contributed by atoms with Crippen LogP contribution in [0.15, 0.2) is 16.4 Å². The van der Waals surface area contributed by atoms with E-state index < -0.39 is 0 Å². The van der Waals surface area contributed by atoms with Crippen molar-refractivity contribution < 1.29 is 9.53 Å². The first-order chi connectivity index (χ1) is 6.81. The van der Waals surface area contributed by atoms with Gasteiger partial charge in [-0.05, 0) is 18.4 Å². The summed E-state index contributed by atoms with van der Waals surface area (Å²) >= 11 is 1.56. The fraction of sp³-hybridized carbons (Fsp3) is 0.333. The fourth-order valence-corrected chi connectivity index (χ4v) is 2.00. The smallest absolute Gasteiger partial charge is 0.373 e. The van der Waals surface area contributed by atoms with Gasteiger partial charge >= 0.3 is 5.97 Å². The van der Waals surface area contributed by atoms with E-state index in [1.807, 2.05) is 11.4 Å². The zero-order valence-corrected chi connectivity index (χ0v) is 8.56. The van der Waals surface area contributed by atoms with Gasteiger partial charge in [-0.1, -0.05) is 0 Å². The van der Waals surface area contributed by atoms with Gasteiger partial charge in [-0.2, -0.15) is 0 Å². The Morgan fingerprint density at radius 1 is 1.79 bits per heavy atom. The minimum Gasteiger partial charge on any atom is -0.460 e. The van der Waals surface area contributed by atoms with Gasteiger partial charge in [-0.25, -0.2) is 4.79 Å². The van der Waals surface area contributed by atoms with Gasteiger partial charge in [0.1, 0.15) is 0 Å². The highest BCUT2D eigenvalue weighted by Gasteiger charge is 2.19. The van der Waals surface area contributed by atoms with Gasteiger partial charge < -0.3 is 10.1 Å². The first-order valence-electron chi connectivity index (χ1n) is 4.36. The molecule has 1 aliphatic rings. The molecule has 0 saturated heterocycles. The van der Waals surface area contributed by atoms with Crippen LogP contribution < -0.4 is 5.32 Å². The molecule has 0 radical (unpaired) electrons. The van der Waals surface area contributed by atoms with Crippen molar-refractivity contribution in [2.45, 2.75) is 13.5 Å². The SMILES string of the molecule is CCOC(=O)C1=NCc2ccsc2N1. The monoisotopic (exact) mass is 210 g/mol. The van der Waals surface area contributed by atoms with Gasteiger partial charge in [-0.15, -0.1) is 11.3 Å². The summed E-state index contributed by atoms with van der Waals surface area (Å²) < 4.78 is 4.85. The van der Waals surface area contributed by atoms with E-state index in [0.29, 0.717) is 19.0 Å². The molecular weight excluding hydrogens is 200 g/mol. The minimum atomic E-state index is -0.383. The topological polar surface area (TPSA) is 50.7 Å². The Balaban J connectivity index is 2.11. The van der Waals surface area contributed by atoms with Crippen molar-refractivity contribution in [3.05, 3.63) is 17.0 Å². The molecule has 74 valence electrons. The lowest BCUT2D eigenvalue weighted by Crippen LogP contribution is -2.27. The zero-order chi connectivity index (χ0) is 9.97. The van der Waals surface area contributed by atoms with Crippen LogP contribution in [0, 0.1) is 0 Å². The number of nitrogens with zero attached hydrogens (tertiary/aromatic N) is 1. The van der Waals surface area contributed by atoms with Gasteiger partial charge in [0.15, 0.2) is 0 Å². The average Bonchev–Trinajstić information content (AvgIpc) is 2.64. The van der Waals surface area contributed by atoms with E-state index in [4.69, 9.17) is 4.74 Å². The predicted molar refractivity (Wildman–Crippen MR) is 55.7 cm³/mol. The largest absolute Gasteiger partial charge is 0.460 e. The number of ether oxygens (including phenoxy) is 1. The Morgan fingerprint density at radius 3 is 3.43 bits per heavy atom. The summed E-state index contributed by atoms with van der Waals surface area (Å²) in [6.07, 6.45) is 0. The van der Waals surface area contributed by atoms with Gasteiger partial charge in [0.25, 0.3) is 0 Å². The second-order valence-electron chi connectivity index (χ2n) is 2.79. The highest BCUT2D eigenvalue weighted by atomic mass is 32.1. The van der Waals surface area contributed by atoms with Crippen molar-refractivity contribution >= 4 is 28.1 Å². The maximum atomic E-state index is 11.3. The summed E-state index contributed by atoms with van der Waals surface area (Å²) in [5.41, 5.74) is 1.13. The number of fused-ring (bicyclic) bond motifs is 1. The molecule has 0 atom stereocenters. The zero-order valence-electron chi connectivity index (χ0n) is 7.74. The number of esters is 1. The van der Waals surface area contributed by atoms with Crippen LogP contribution in [0.2, 0.25) is 0 Å². The molecule has 14 heavy (non-hydrogen) atoms. The third kappa shape index (κ3) is 1.63. The highest BCUT2D eigenvalue weighted by molar-refractivity contribution is 7.14. The number of hydrogen-bond donors (Lipinski definition) is 1. The second kappa shape index (κ2) is 3.79. The summed E-state index contributed by atoms with van der Waals surface area (Å²) in [6.45, 7) is 2.70. The number of amidine groups is 1. The normalized spacial score (nSPS) is 13.9. The van der Waals surface area contributed by atoms with Gasteiger partial charge in [0.05, 0.1) is 18.2 Å². The van der Waals surface area contributed by atoms with E-state index in [9.17, 15) is 4.79 Å². The first kappa shape index (κ1) is 9.21. The number of thiophene rings is 1. The molecule has 0 bridgehead atoms. The summed E-state index contributed by atoms with van der Waals surface area (Å²) in [7, 11) is 0. The van der Waals surface area contributed by atoms with E-state index in [1.54, 1.807) is 18.3 Å². The fourth-order valence-electron chi connectivity index (χ4n) is 1.20. The summed E-state index contributed by atoms with van der Waals surface area (Å²) in [5.74, 6) is -0.0756. The Hall–Kier alpha value is -1.36. The Bertz CT molecular complexity index is 384. The van der Waals surface area contributed by atoms with Crippen LogP contribution in [0.4, 0.5) is 5.00 Å². The number of rotatable bonds is 2. The lowest BCUT2D eigenvalue weighted by molar-refractivity contribution is -0.135. The molecule has 1 aromatic rings. The van der Waals surface area contributed by atoms with E-state index in [0.717, 1.165) is 10.6 Å². The second-order valence-corrected chi connectivity index (χ2v) is 3.70. The molecule has 0 aromatic carbocycles. The van der Waals surface area contributed by atoms with Crippen molar-refractivity contribution in [2.24, 2.45) is 4.99 Å². The van der Waals surface area contributed by atoms with Crippen LogP contribution in [-0.2, 0) is 16.1 Å². The molecule has 0 aliphatic carbocycles. The summed E-state index contributed by atoms with van der Waals surface area (Å²) in [4.78, 5) is 15.4. The van der Waals surface area contributed by atoms with E-state index in [1.165, 1.54) is 0 Å². The van der Waals surface area contributed by atoms with Crippen LogP contribution in [0.5, 0.6) is 0 Å². The summed E-state index contributed by atoms with van der Waals surface area (Å²) in [6, 6.07) is 2.00. The van der Waals surface area contributed by atoms with Crippen molar-refractivity contribution in [2.75, 3.05) is 11.9 Å². The van der Waals surface area contributed by atoms with E-state index in [-0.39, 0.29) is 5.97 Å². The molecule has 0 saturated carbocycles. The number of nitrogens with one attached hydrogen (secondary N) is 1. The van der Waals surface area contributed by atoms with Crippen molar-refractivity contribution in [1.29, 1.82) is 0 Å². The Kier molecular flexibility index (Phi) is 2.49. The van der Waals surface area contributed by atoms with Gasteiger partial charge in [0.2, 0.25) is 5.84 Å². The third-order valence-electron chi connectivity index (χ3n) is 1.85. The molecule has 1 N–H and O–H groups in total. The Morgan fingerprint density at radius 2 is 2.64 bits per heavy atom. The molecule has 2 rings (SSSR count). The van der Waals surface area contributed by atoms with Gasteiger partial charge in [0, 0.05) is 5.56 Å². The van der Waals surface area contributed by atoms with E-state index >= 15 is 0 Å². The van der Waals surface area contributed by atoms with Crippen LogP contribution in [0.1, 0.15) is 12.5 Å². The van der Waals surface area contributed by atoms with Gasteiger partial charge in [-0.3, -0.25) is 4.99 Å². The molecule has 2 heterocycles.